The third-order valence-corrected chi connectivity index (χ3v) is 4.25. The number of aromatic nitrogens is 2. The minimum atomic E-state index is -0.440. The van der Waals surface area contributed by atoms with Crippen molar-refractivity contribution in [2.45, 2.75) is 6.42 Å². The predicted octanol–water partition coefficient (Wildman–Crippen LogP) is 4.10. The molecule has 0 aliphatic rings. The summed E-state index contributed by atoms with van der Waals surface area (Å²) in [6, 6.07) is 13.7. The fraction of sp³-hybridized carbons (Fsp3) is 0.238. The number of methoxy groups -OCH3 is 2. The molecular formula is C21H22FN3O3. The Bertz CT molecular complexity index is 936. The van der Waals surface area contributed by atoms with Gasteiger partial charge in [0.25, 0.3) is 0 Å². The number of anilines is 1. The van der Waals surface area contributed by atoms with Crippen LogP contribution in [0.2, 0.25) is 0 Å². The van der Waals surface area contributed by atoms with Gasteiger partial charge in [0.15, 0.2) is 23.1 Å². The summed E-state index contributed by atoms with van der Waals surface area (Å²) in [5, 5.41) is 0. The molecule has 146 valence electrons. The number of rotatable bonds is 8. The first-order chi connectivity index (χ1) is 13.6. The van der Waals surface area contributed by atoms with Crippen LogP contribution >= 0.6 is 0 Å². The highest BCUT2D eigenvalue weighted by Crippen LogP contribution is 2.28. The summed E-state index contributed by atoms with van der Waals surface area (Å²) in [7, 11) is 5.16. The average Bonchev–Trinajstić information content (AvgIpc) is 2.73. The van der Waals surface area contributed by atoms with E-state index in [9.17, 15) is 4.39 Å². The van der Waals surface area contributed by atoms with Crippen molar-refractivity contribution in [1.29, 1.82) is 0 Å². The highest BCUT2D eigenvalue weighted by Gasteiger charge is 2.10. The molecular weight excluding hydrogens is 361 g/mol. The number of nitrogens with zero attached hydrogens (tertiary/aromatic N) is 3. The van der Waals surface area contributed by atoms with Gasteiger partial charge in [0.1, 0.15) is 12.1 Å². The van der Waals surface area contributed by atoms with Crippen LogP contribution < -0.4 is 19.1 Å². The summed E-state index contributed by atoms with van der Waals surface area (Å²) in [5.41, 5.74) is 1.11. The van der Waals surface area contributed by atoms with Gasteiger partial charge >= 0.3 is 0 Å². The molecule has 0 aliphatic carbocycles. The van der Waals surface area contributed by atoms with Gasteiger partial charge in [-0.05, 0) is 36.2 Å². The monoisotopic (exact) mass is 383 g/mol. The second kappa shape index (κ2) is 9.03. The average molecular weight is 383 g/mol. The van der Waals surface area contributed by atoms with E-state index in [1.165, 1.54) is 12.4 Å². The van der Waals surface area contributed by atoms with Crippen molar-refractivity contribution in [2.24, 2.45) is 0 Å². The number of ether oxygens (including phenoxy) is 3. The second-order valence-electron chi connectivity index (χ2n) is 6.11. The van der Waals surface area contributed by atoms with Gasteiger partial charge in [0.2, 0.25) is 5.88 Å². The summed E-state index contributed by atoms with van der Waals surface area (Å²) in [5.74, 6) is 2.05. The maximum atomic E-state index is 13.8. The molecule has 2 aromatic carbocycles. The molecule has 0 spiro atoms. The molecule has 0 fully saturated rings. The third kappa shape index (κ3) is 4.68. The molecule has 0 N–H and O–H groups in total. The normalized spacial score (nSPS) is 10.4. The molecule has 7 heteroatoms. The van der Waals surface area contributed by atoms with Crippen LogP contribution in [-0.4, -0.2) is 37.8 Å². The van der Waals surface area contributed by atoms with Crippen molar-refractivity contribution >= 4 is 5.82 Å². The number of hydrogen-bond acceptors (Lipinski definition) is 6. The van der Waals surface area contributed by atoms with E-state index >= 15 is 0 Å². The van der Waals surface area contributed by atoms with E-state index in [2.05, 4.69) is 9.97 Å². The van der Waals surface area contributed by atoms with Crippen LogP contribution in [0.5, 0.6) is 23.1 Å². The summed E-state index contributed by atoms with van der Waals surface area (Å²) in [6.07, 6.45) is 2.18. The fourth-order valence-corrected chi connectivity index (χ4v) is 2.68. The summed E-state index contributed by atoms with van der Waals surface area (Å²) in [6.45, 7) is 0.714. The molecule has 0 amide bonds. The van der Waals surface area contributed by atoms with E-state index < -0.39 is 5.82 Å². The highest BCUT2D eigenvalue weighted by molar-refractivity contribution is 5.44. The Morgan fingerprint density at radius 3 is 2.46 bits per heavy atom. The lowest BCUT2D eigenvalue weighted by Gasteiger charge is -2.19. The lowest BCUT2D eigenvalue weighted by Crippen LogP contribution is -2.21. The van der Waals surface area contributed by atoms with Crippen LogP contribution in [0.25, 0.3) is 0 Å². The smallest absolute Gasteiger partial charge is 0.224 e. The molecule has 0 saturated carbocycles. The molecule has 0 bridgehead atoms. The van der Waals surface area contributed by atoms with Gasteiger partial charge in [0.05, 0.1) is 14.2 Å². The van der Waals surface area contributed by atoms with E-state index in [-0.39, 0.29) is 11.6 Å². The Hall–Kier alpha value is -3.35. The molecule has 0 unspecified atom stereocenters. The largest absolute Gasteiger partial charge is 0.493 e. The van der Waals surface area contributed by atoms with Gasteiger partial charge in [-0.2, -0.15) is 0 Å². The van der Waals surface area contributed by atoms with E-state index in [1.54, 1.807) is 38.5 Å². The van der Waals surface area contributed by atoms with Gasteiger partial charge in [-0.15, -0.1) is 0 Å². The van der Waals surface area contributed by atoms with Crippen LogP contribution in [0.3, 0.4) is 0 Å². The quantitative estimate of drug-likeness (QED) is 0.584. The van der Waals surface area contributed by atoms with E-state index in [1.807, 2.05) is 30.1 Å². The van der Waals surface area contributed by atoms with Crippen molar-refractivity contribution in [1.82, 2.24) is 9.97 Å². The number of hydrogen-bond donors (Lipinski definition) is 0. The molecule has 0 saturated heterocycles. The molecule has 0 radical (unpaired) electrons. The molecule has 1 aromatic heterocycles. The maximum absolute atomic E-state index is 13.8. The van der Waals surface area contributed by atoms with E-state index in [4.69, 9.17) is 14.2 Å². The fourth-order valence-electron chi connectivity index (χ4n) is 2.68. The van der Waals surface area contributed by atoms with Gasteiger partial charge in [-0.25, -0.2) is 14.4 Å². The molecule has 28 heavy (non-hydrogen) atoms. The first-order valence-electron chi connectivity index (χ1n) is 8.77. The summed E-state index contributed by atoms with van der Waals surface area (Å²) >= 11 is 0. The number of benzene rings is 2. The minimum Gasteiger partial charge on any atom is -0.493 e. The summed E-state index contributed by atoms with van der Waals surface area (Å²) < 4.78 is 29.9. The standard InChI is InChI=1S/C21H22FN3O3/c1-25(11-10-15-8-9-18(26-2)19(12-15)27-3)20-13-21(24-14-23-20)28-17-7-5-4-6-16(17)22/h4-9,12-14H,10-11H2,1-3H3. The summed E-state index contributed by atoms with van der Waals surface area (Å²) in [4.78, 5) is 10.3. The van der Waals surface area contributed by atoms with Gasteiger partial charge in [-0.1, -0.05) is 18.2 Å². The van der Waals surface area contributed by atoms with Crippen molar-refractivity contribution in [2.75, 3.05) is 32.7 Å². The first kappa shape index (κ1) is 19.4. The Morgan fingerprint density at radius 2 is 1.71 bits per heavy atom. The molecule has 0 atom stereocenters. The third-order valence-electron chi connectivity index (χ3n) is 4.25. The molecule has 3 rings (SSSR count). The maximum Gasteiger partial charge on any atom is 0.224 e. The van der Waals surface area contributed by atoms with Crippen LogP contribution in [0, 0.1) is 5.82 Å². The molecule has 6 nitrogen and oxygen atoms in total. The van der Waals surface area contributed by atoms with E-state index in [0.717, 1.165) is 12.0 Å². The van der Waals surface area contributed by atoms with Crippen LogP contribution in [-0.2, 0) is 6.42 Å². The lowest BCUT2D eigenvalue weighted by molar-refractivity contribution is 0.354. The van der Waals surface area contributed by atoms with Crippen molar-refractivity contribution in [3.05, 3.63) is 66.2 Å². The van der Waals surface area contributed by atoms with Crippen LogP contribution in [0.4, 0.5) is 10.2 Å². The van der Waals surface area contributed by atoms with Gasteiger partial charge in [-0.3, -0.25) is 0 Å². The van der Waals surface area contributed by atoms with Crippen LogP contribution in [0.1, 0.15) is 5.56 Å². The molecule has 3 aromatic rings. The topological polar surface area (TPSA) is 56.7 Å². The number of halogens is 1. The van der Waals surface area contributed by atoms with Gasteiger partial charge in [0, 0.05) is 19.7 Å². The lowest BCUT2D eigenvalue weighted by atomic mass is 10.1. The van der Waals surface area contributed by atoms with Crippen LogP contribution in [0.15, 0.2) is 54.9 Å². The zero-order valence-electron chi connectivity index (χ0n) is 16.1. The van der Waals surface area contributed by atoms with Crippen molar-refractivity contribution < 1.29 is 18.6 Å². The first-order valence-corrected chi connectivity index (χ1v) is 8.77. The molecule has 1 heterocycles. The van der Waals surface area contributed by atoms with E-state index in [0.29, 0.717) is 23.9 Å². The Balaban J connectivity index is 1.66. The second-order valence-corrected chi connectivity index (χ2v) is 6.11. The molecule has 0 aliphatic heterocycles. The van der Waals surface area contributed by atoms with Gasteiger partial charge < -0.3 is 19.1 Å². The SMILES string of the molecule is COc1ccc(CCN(C)c2cc(Oc3ccccc3F)ncn2)cc1OC. The van der Waals surface area contributed by atoms with Crippen molar-refractivity contribution in [3.8, 4) is 23.1 Å². The Labute approximate surface area is 163 Å². The Kier molecular flexibility index (Phi) is 6.26. The minimum absolute atomic E-state index is 0.125. The zero-order valence-corrected chi connectivity index (χ0v) is 16.1. The Morgan fingerprint density at radius 1 is 0.929 bits per heavy atom. The number of likely N-dealkylation sites (N-methyl/N-ethyl adjacent to an activating group) is 1. The highest BCUT2D eigenvalue weighted by atomic mass is 19.1. The predicted molar refractivity (Wildman–Crippen MR) is 105 cm³/mol. The number of para-hydroxylation sites is 1. The van der Waals surface area contributed by atoms with Crippen molar-refractivity contribution in [3.63, 3.8) is 0 Å². The zero-order chi connectivity index (χ0) is 19.9.